The third kappa shape index (κ3) is 5.05. The summed E-state index contributed by atoms with van der Waals surface area (Å²) in [6, 6.07) is -0.0742. The van der Waals surface area contributed by atoms with Gasteiger partial charge in [-0.2, -0.15) is 0 Å². The fourth-order valence-electron chi connectivity index (χ4n) is 4.65. The summed E-state index contributed by atoms with van der Waals surface area (Å²) in [6.45, 7) is 9.00. The quantitative estimate of drug-likeness (QED) is 0.645. The van der Waals surface area contributed by atoms with E-state index in [4.69, 9.17) is 4.74 Å². The van der Waals surface area contributed by atoms with Crippen molar-refractivity contribution in [1.29, 1.82) is 0 Å². The SMILES string of the molecule is CCCc1nc(C)nc(C(=O)N2CCN(C(=O)C3CCCC3)C(C)C2)c1C(=O)OCC. The first-order valence-electron chi connectivity index (χ1n) is 11.5. The molecule has 3 rings (SSSR count). The van der Waals surface area contributed by atoms with Gasteiger partial charge in [-0.1, -0.05) is 26.2 Å². The molecule has 1 aliphatic carbocycles. The Labute approximate surface area is 184 Å². The van der Waals surface area contributed by atoms with Crippen molar-refractivity contribution in [3.05, 3.63) is 22.8 Å². The van der Waals surface area contributed by atoms with Crippen molar-refractivity contribution in [2.75, 3.05) is 26.2 Å². The van der Waals surface area contributed by atoms with E-state index in [-0.39, 0.29) is 41.6 Å². The van der Waals surface area contributed by atoms with Crippen molar-refractivity contribution in [1.82, 2.24) is 19.8 Å². The molecular formula is C23H34N4O4. The van der Waals surface area contributed by atoms with Crippen molar-refractivity contribution in [3.8, 4) is 0 Å². The standard InChI is InChI=1S/C23H34N4O4/c1-5-9-18-19(23(30)31-6-2)20(25-16(4)24-18)22(29)26-12-13-27(15(3)14-26)21(28)17-10-7-8-11-17/h15,17H,5-14H2,1-4H3. The average Bonchev–Trinajstić information content (AvgIpc) is 3.27. The van der Waals surface area contributed by atoms with E-state index in [9.17, 15) is 14.4 Å². The average molecular weight is 431 g/mol. The van der Waals surface area contributed by atoms with Crippen LogP contribution in [0.15, 0.2) is 0 Å². The van der Waals surface area contributed by atoms with Crippen molar-refractivity contribution in [2.24, 2.45) is 5.92 Å². The van der Waals surface area contributed by atoms with Crippen LogP contribution < -0.4 is 0 Å². The summed E-state index contributed by atoms with van der Waals surface area (Å²) >= 11 is 0. The van der Waals surface area contributed by atoms with E-state index in [1.165, 1.54) is 0 Å². The zero-order valence-electron chi connectivity index (χ0n) is 19.1. The van der Waals surface area contributed by atoms with Gasteiger partial charge in [0.2, 0.25) is 5.91 Å². The lowest BCUT2D eigenvalue weighted by molar-refractivity contribution is -0.139. The highest BCUT2D eigenvalue weighted by Crippen LogP contribution is 2.28. The topological polar surface area (TPSA) is 92.7 Å². The smallest absolute Gasteiger partial charge is 0.342 e. The second-order valence-electron chi connectivity index (χ2n) is 8.52. The number of carbonyl (C=O) groups is 3. The van der Waals surface area contributed by atoms with Crippen LogP contribution in [-0.4, -0.2) is 69.8 Å². The van der Waals surface area contributed by atoms with Crippen LogP contribution in [0.5, 0.6) is 0 Å². The molecule has 31 heavy (non-hydrogen) atoms. The molecule has 2 amide bonds. The molecular weight excluding hydrogens is 396 g/mol. The van der Waals surface area contributed by atoms with E-state index >= 15 is 0 Å². The third-order valence-corrected chi connectivity index (χ3v) is 6.17. The second kappa shape index (κ2) is 10.2. The molecule has 1 saturated heterocycles. The van der Waals surface area contributed by atoms with Gasteiger partial charge in [0.1, 0.15) is 17.1 Å². The minimum absolute atomic E-state index is 0.0742. The van der Waals surface area contributed by atoms with Gasteiger partial charge in [-0.05, 0) is 40.0 Å². The Morgan fingerprint density at radius 3 is 2.42 bits per heavy atom. The zero-order valence-corrected chi connectivity index (χ0v) is 19.1. The van der Waals surface area contributed by atoms with Gasteiger partial charge in [-0.15, -0.1) is 0 Å². The van der Waals surface area contributed by atoms with Crippen LogP contribution in [0.2, 0.25) is 0 Å². The summed E-state index contributed by atoms with van der Waals surface area (Å²) in [5.41, 5.74) is 0.841. The Bertz CT molecular complexity index is 835. The van der Waals surface area contributed by atoms with Gasteiger partial charge in [0.05, 0.1) is 12.3 Å². The van der Waals surface area contributed by atoms with Crippen molar-refractivity contribution < 1.29 is 19.1 Å². The fraction of sp³-hybridized carbons (Fsp3) is 0.696. The molecule has 8 heteroatoms. The normalized spacial score (nSPS) is 19.5. The molecule has 0 bridgehead atoms. The molecule has 1 aliphatic heterocycles. The first kappa shape index (κ1) is 23.2. The molecule has 2 heterocycles. The van der Waals surface area contributed by atoms with Gasteiger partial charge in [0.15, 0.2) is 0 Å². The van der Waals surface area contributed by atoms with E-state index in [1.807, 2.05) is 18.7 Å². The molecule has 0 N–H and O–H groups in total. The molecule has 0 radical (unpaired) electrons. The Balaban J connectivity index is 1.82. The number of aromatic nitrogens is 2. The van der Waals surface area contributed by atoms with E-state index in [2.05, 4.69) is 9.97 Å². The van der Waals surface area contributed by atoms with Crippen LogP contribution in [0.1, 0.15) is 85.2 Å². The van der Waals surface area contributed by atoms with Crippen molar-refractivity contribution in [2.45, 2.75) is 72.3 Å². The molecule has 8 nitrogen and oxygen atoms in total. The van der Waals surface area contributed by atoms with E-state index in [0.717, 1.165) is 32.1 Å². The third-order valence-electron chi connectivity index (χ3n) is 6.17. The first-order chi connectivity index (χ1) is 14.9. The maximum Gasteiger partial charge on any atom is 0.342 e. The molecule has 1 saturated carbocycles. The Morgan fingerprint density at radius 1 is 1.10 bits per heavy atom. The number of aryl methyl sites for hydroxylation is 2. The largest absolute Gasteiger partial charge is 0.462 e. The minimum Gasteiger partial charge on any atom is -0.462 e. The predicted octanol–water partition coefficient (Wildman–Crippen LogP) is 2.78. The number of carbonyl (C=O) groups excluding carboxylic acids is 3. The molecule has 1 aromatic rings. The summed E-state index contributed by atoms with van der Waals surface area (Å²) in [6.07, 6.45) is 5.52. The van der Waals surface area contributed by atoms with Gasteiger partial charge < -0.3 is 14.5 Å². The van der Waals surface area contributed by atoms with Crippen molar-refractivity contribution in [3.63, 3.8) is 0 Å². The zero-order chi connectivity index (χ0) is 22.5. The van der Waals surface area contributed by atoms with Crippen molar-refractivity contribution >= 4 is 17.8 Å². The number of rotatable bonds is 6. The molecule has 1 atom stereocenters. The number of hydrogen-bond donors (Lipinski definition) is 0. The summed E-state index contributed by atoms with van der Waals surface area (Å²) in [4.78, 5) is 51.4. The maximum absolute atomic E-state index is 13.4. The molecule has 170 valence electrons. The number of ether oxygens (including phenoxy) is 1. The second-order valence-corrected chi connectivity index (χ2v) is 8.52. The number of piperazine rings is 1. The Morgan fingerprint density at radius 2 is 1.81 bits per heavy atom. The molecule has 0 aromatic carbocycles. The van der Waals surface area contributed by atoms with Gasteiger partial charge in [0.25, 0.3) is 5.91 Å². The number of esters is 1. The summed E-state index contributed by atoms with van der Waals surface area (Å²) in [7, 11) is 0. The maximum atomic E-state index is 13.4. The highest BCUT2D eigenvalue weighted by molar-refractivity contribution is 6.04. The summed E-state index contributed by atoms with van der Waals surface area (Å²) < 4.78 is 5.22. The van der Waals surface area contributed by atoms with E-state index < -0.39 is 5.97 Å². The van der Waals surface area contributed by atoms with Crippen LogP contribution in [0.25, 0.3) is 0 Å². The fourth-order valence-corrected chi connectivity index (χ4v) is 4.65. The van der Waals surface area contributed by atoms with Crippen LogP contribution in [-0.2, 0) is 16.0 Å². The van der Waals surface area contributed by atoms with Gasteiger partial charge >= 0.3 is 5.97 Å². The lowest BCUT2D eigenvalue weighted by Gasteiger charge is -2.41. The Kier molecular flexibility index (Phi) is 7.62. The van der Waals surface area contributed by atoms with E-state index in [1.54, 1.807) is 18.7 Å². The molecule has 1 aromatic heterocycles. The lowest BCUT2D eigenvalue weighted by Crippen LogP contribution is -2.56. The molecule has 0 spiro atoms. The number of amides is 2. The highest BCUT2D eigenvalue weighted by Gasteiger charge is 2.36. The molecule has 1 unspecified atom stereocenters. The number of hydrogen-bond acceptors (Lipinski definition) is 6. The van der Waals surface area contributed by atoms with Crippen LogP contribution in [0, 0.1) is 12.8 Å². The molecule has 2 fully saturated rings. The summed E-state index contributed by atoms with van der Waals surface area (Å²) in [5, 5.41) is 0. The van der Waals surface area contributed by atoms with Crippen LogP contribution >= 0.6 is 0 Å². The van der Waals surface area contributed by atoms with Gasteiger partial charge in [0, 0.05) is 31.6 Å². The summed E-state index contributed by atoms with van der Waals surface area (Å²) in [5.74, 6) is -0.0558. The van der Waals surface area contributed by atoms with E-state index in [0.29, 0.717) is 37.6 Å². The van der Waals surface area contributed by atoms with Crippen LogP contribution in [0.3, 0.4) is 0 Å². The Hall–Kier alpha value is -2.51. The monoisotopic (exact) mass is 430 g/mol. The number of nitrogens with zero attached hydrogens (tertiary/aromatic N) is 4. The van der Waals surface area contributed by atoms with Gasteiger partial charge in [-0.25, -0.2) is 14.8 Å². The van der Waals surface area contributed by atoms with Gasteiger partial charge in [-0.3, -0.25) is 9.59 Å². The minimum atomic E-state index is -0.558. The first-order valence-corrected chi connectivity index (χ1v) is 11.5. The van der Waals surface area contributed by atoms with Crippen LogP contribution in [0.4, 0.5) is 0 Å². The predicted molar refractivity (Wildman–Crippen MR) is 116 cm³/mol. The lowest BCUT2D eigenvalue weighted by atomic mass is 10.0. The molecule has 2 aliphatic rings. The highest BCUT2D eigenvalue weighted by atomic mass is 16.5.